The first-order valence-corrected chi connectivity index (χ1v) is 20.7. The number of carbonyl (C=O) groups is 4. The summed E-state index contributed by atoms with van der Waals surface area (Å²) in [5, 5.41) is 14.9. The van der Waals surface area contributed by atoms with Crippen molar-refractivity contribution in [1.29, 1.82) is 5.26 Å². The third-order valence-corrected chi connectivity index (χ3v) is 12.7. The first kappa shape index (κ1) is 40.9. The maximum atomic E-state index is 13.6. The highest BCUT2D eigenvalue weighted by molar-refractivity contribution is 6.23. The van der Waals surface area contributed by atoms with E-state index in [0.717, 1.165) is 87.5 Å². The fraction of sp³-hybridized carbons (Fsp3) is 0.488. The molecule has 17 heteroatoms. The minimum Gasteiger partial charge on any atom is -0.369 e. The molecule has 3 atom stereocenters. The van der Waals surface area contributed by atoms with Gasteiger partial charge in [0.15, 0.2) is 0 Å². The molecular weight excluding hydrogens is 778 g/mol. The van der Waals surface area contributed by atoms with Gasteiger partial charge in [0.1, 0.15) is 11.9 Å². The Balaban J connectivity index is 0.782. The molecule has 6 heterocycles. The van der Waals surface area contributed by atoms with Crippen molar-refractivity contribution in [1.82, 2.24) is 25.0 Å². The minimum atomic E-state index is -4.65. The quantitative estimate of drug-likeness (QED) is 0.312. The molecule has 0 spiro atoms. The average molecular weight is 827 g/mol. The Morgan fingerprint density at radius 3 is 2.28 bits per heavy atom. The molecule has 316 valence electrons. The summed E-state index contributed by atoms with van der Waals surface area (Å²) < 4.78 is 40.9. The summed E-state index contributed by atoms with van der Waals surface area (Å²) in [6.45, 7) is 11.0. The molecule has 1 aromatic heterocycles. The Morgan fingerprint density at radius 2 is 1.60 bits per heavy atom. The van der Waals surface area contributed by atoms with Crippen molar-refractivity contribution in [2.75, 3.05) is 85.5 Å². The molecule has 8 rings (SSSR count). The van der Waals surface area contributed by atoms with Gasteiger partial charge in [-0.3, -0.25) is 24.2 Å². The number of fused-ring (bicyclic) bond motifs is 1. The highest BCUT2D eigenvalue weighted by Crippen LogP contribution is 2.36. The molecule has 2 N–H and O–H groups in total. The Labute approximate surface area is 346 Å². The van der Waals surface area contributed by atoms with Crippen LogP contribution in [0.3, 0.4) is 0 Å². The number of amides is 5. The van der Waals surface area contributed by atoms with Gasteiger partial charge in [-0.25, -0.2) is 9.78 Å². The lowest BCUT2D eigenvalue weighted by Crippen LogP contribution is -2.59. The lowest BCUT2D eigenvalue weighted by atomic mass is 9.96. The van der Waals surface area contributed by atoms with Gasteiger partial charge in [-0.05, 0) is 94.0 Å². The topological polar surface area (TPSA) is 148 Å². The third-order valence-electron chi connectivity index (χ3n) is 12.7. The first-order valence-electron chi connectivity index (χ1n) is 20.7. The number of pyridine rings is 1. The molecular formula is C43H49F3N10O4. The predicted octanol–water partition coefficient (Wildman–Crippen LogP) is 5.02. The Hall–Kier alpha value is -5.89. The summed E-state index contributed by atoms with van der Waals surface area (Å²) in [5.41, 5.74) is 1.16. The number of benzene rings is 2. The first-order chi connectivity index (χ1) is 28.8. The summed E-state index contributed by atoms with van der Waals surface area (Å²) in [6, 6.07) is 12.9. The van der Waals surface area contributed by atoms with Crippen molar-refractivity contribution in [3.05, 3.63) is 77.0 Å². The normalized spacial score (nSPS) is 23.1. The van der Waals surface area contributed by atoms with E-state index in [4.69, 9.17) is 0 Å². The number of nitrogens with one attached hydrogen (secondary N) is 2. The fourth-order valence-corrected chi connectivity index (χ4v) is 9.28. The number of hydrogen-bond donors (Lipinski definition) is 2. The SMILES string of the molecule is C[C@@H]1CN(c2ccc(C#N)c(C(F)(F)F)c2)[C@@H](C)CN1C(=O)Nc1ccc(N2CCC(CN3CCN(c4ccc5c(c4)C(=O)N(C4CCCNC4=O)C5=O)CC3)CC2)nc1. The van der Waals surface area contributed by atoms with Crippen LogP contribution in [0.15, 0.2) is 54.7 Å². The second-order valence-corrected chi connectivity index (χ2v) is 16.6. The number of halogens is 3. The van der Waals surface area contributed by atoms with Crippen LogP contribution in [0.25, 0.3) is 0 Å². The van der Waals surface area contributed by atoms with Gasteiger partial charge in [-0.15, -0.1) is 0 Å². The van der Waals surface area contributed by atoms with Gasteiger partial charge in [-0.1, -0.05) is 0 Å². The van der Waals surface area contributed by atoms with Crippen LogP contribution >= 0.6 is 0 Å². The molecule has 5 aliphatic heterocycles. The number of anilines is 4. The van der Waals surface area contributed by atoms with Crippen molar-refractivity contribution in [3.8, 4) is 6.07 Å². The molecule has 4 fully saturated rings. The van der Waals surface area contributed by atoms with Gasteiger partial charge in [0.25, 0.3) is 11.8 Å². The van der Waals surface area contributed by atoms with Gasteiger partial charge in [0, 0.05) is 88.9 Å². The van der Waals surface area contributed by atoms with Crippen molar-refractivity contribution >= 4 is 46.6 Å². The summed E-state index contributed by atoms with van der Waals surface area (Å²) in [7, 11) is 0. The van der Waals surface area contributed by atoms with Crippen LogP contribution in [0.5, 0.6) is 0 Å². The van der Waals surface area contributed by atoms with Crippen molar-refractivity contribution in [2.45, 2.75) is 63.8 Å². The largest absolute Gasteiger partial charge is 0.417 e. The number of hydrogen-bond acceptors (Lipinski definition) is 10. The van der Waals surface area contributed by atoms with E-state index in [2.05, 4.69) is 30.3 Å². The summed E-state index contributed by atoms with van der Waals surface area (Å²) in [6.07, 6.45) is 0.259. The number of imide groups is 1. The molecule has 1 unspecified atom stereocenters. The Morgan fingerprint density at radius 1 is 0.867 bits per heavy atom. The van der Waals surface area contributed by atoms with Crippen LogP contribution < -0.4 is 25.3 Å². The molecule has 60 heavy (non-hydrogen) atoms. The molecule has 14 nitrogen and oxygen atoms in total. The number of aromatic nitrogens is 1. The number of nitrogens with zero attached hydrogens (tertiary/aromatic N) is 8. The van der Waals surface area contributed by atoms with E-state index in [-0.39, 0.29) is 24.0 Å². The number of carbonyl (C=O) groups excluding carboxylic acids is 4. The second kappa shape index (κ2) is 16.6. The Bertz CT molecular complexity index is 2180. The van der Waals surface area contributed by atoms with Gasteiger partial charge in [-0.2, -0.15) is 18.4 Å². The Kier molecular flexibility index (Phi) is 11.3. The van der Waals surface area contributed by atoms with E-state index in [1.807, 2.05) is 43.0 Å². The molecule has 0 saturated carbocycles. The van der Waals surface area contributed by atoms with E-state index in [9.17, 15) is 37.6 Å². The summed E-state index contributed by atoms with van der Waals surface area (Å²) in [5.74, 6) is 0.325. The van der Waals surface area contributed by atoms with Crippen LogP contribution in [-0.2, 0) is 11.0 Å². The van der Waals surface area contributed by atoms with Gasteiger partial charge < -0.3 is 30.2 Å². The van der Waals surface area contributed by atoms with E-state index in [0.29, 0.717) is 54.5 Å². The monoisotopic (exact) mass is 826 g/mol. The molecule has 4 saturated heterocycles. The number of nitriles is 1. The number of rotatable bonds is 7. The smallest absolute Gasteiger partial charge is 0.369 e. The van der Waals surface area contributed by atoms with Crippen LogP contribution in [0.4, 0.5) is 40.8 Å². The second-order valence-electron chi connectivity index (χ2n) is 16.6. The predicted molar refractivity (Wildman–Crippen MR) is 219 cm³/mol. The number of alkyl halides is 3. The number of urea groups is 1. The van der Waals surface area contributed by atoms with Crippen LogP contribution in [0, 0.1) is 17.2 Å². The van der Waals surface area contributed by atoms with Gasteiger partial charge in [0.05, 0.1) is 40.2 Å². The summed E-state index contributed by atoms with van der Waals surface area (Å²) in [4.78, 5) is 68.6. The number of piperazine rings is 2. The van der Waals surface area contributed by atoms with Crippen LogP contribution in [-0.4, -0.2) is 127 Å². The van der Waals surface area contributed by atoms with Crippen molar-refractivity contribution in [3.63, 3.8) is 0 Å². The number of piperidine rings is 2. The summed E-state index contributed by atoms with van der Waals surface area (Å²) >= 11 is 0. The maximum Gasteiger partial charge on any atom is 0.417 e. The van der Waals surface area contributed by atoms with Crippen molar-refractivity contribution in [2.24, 2.45) is 5.92 Å². The highest BCUT2D eigenvalue weighted by Gasteiger charge is 2.44. The molecule has 3 aromatic rings. The molecule has 0 aliphatic carbocycles. The van der Waals surface area contributed by atoms with Gasteiger partial charge in [0.2, 0.25) is 5.91 Å². The standard InChI is InChI=1S/C43H49F3N10O4/c1-27-25-55(28(2)24-54(27)33-7-5-30(22-47)36(21-33)43(44,45)46)42(60)50-31-6-10-38(49-23-31)53-14-11-29(12-15-53)26-51-16-18-52(19-17-51)32-8-9-34-35(20-32)41(59)56(40(34)58)37-4-3-13-48-39(37)57/h5-10,20-21,23,27-29,37H,3-4,11-19,24-26H2,1-2H3,(H,48,57)(H,50,60)/t27-,28+,37?/m0/s1. The maximum absolute atomic E-state index is 13.6. The zero-order valence-corrected chi connectivity index (χ0v) is 33.7. The zero-order valence-electron chi connectivity index (χ0n) is 33.7. The van der Waals surface area contributed by atoms with Crippen LogP contribution in [0.2, 0.25) is 0 Å². The van der Waals surface area contributed by atoms with Gasteiger partial charge >= 0.3 is 12.2 Å². The van der Waals surface area contributed by atoms with E-state index >= 15 is 0 Å². The molecule has 0 bridgehead atoms. The minimum absolute atomic E-state index is 0.266. The zero-order chi connectivity index (χ0) is 42.3. The van der Waals surface area contributed by atoms with E-state index in [1.54, 1.807) is 23.2 Å². The van der Waals surface area contributed by atoms with E-state index < -0.39 is 35.2 Å². The molecule has 5 amide bonds. The molecule has 5 aliphatic rings. The molecule has 0 radical (unpaired) electrons. The van der Waals surface area contributed by atoms with Crippen LogP contribution in [0.1, 0.15) is 71.4 Å². The lowest BCUT2D eigenvalue weighted by Gasteiger charge is -2.45. The highest BCUT2D eigenvalue weighted by atomic mass is 19.4. The van der Waals surface area contributed by atoms with E-state index in [1.165, 1.54) is 12.1 Å². The molecule has 2 aromatic carbocycles. The average Bonchev–Trinajstić information content (AvgIpc) is 3.49. The van der Waals surface area contributed by atoms with Crippen molar-refractivity contribution < 1.29 is 32.3 Å². The lowest BCUT2D eigenvalue weighted by molar-refractivity contribution is -0.137. The third kappa shape index (κ3) is 8.17. The fourth-order valence-electron chi connectivity index (χ4n) is 9.28.